The summed E-state index contributed by atoms with van der Waals surface area (Å²) >= 11 is 6.28. The van der Waals surface area contributed by atoms with Crippen LogP contribution < -0.4 is 5.32 Å². The Morgan fingerprint density at radius 2 is 1.84 bits per heavy atom. The second-order valence-corrected chi connectivity index (χ2v) is 10.7. The molecule has 1 aliphatic heterocycles. The lowest BCUT2D eigenvalue weighted by atomic mass is 10.1. The number of aromatic nitrogens is 6. The van der Waals surface area contributed by atoms with Gasteiger partial charge in [-0.15, -0.1) is 10.2 Å². The SMILES string of the molecule is Cc1nnc2ccc3c(cc(-c4ccn(CCC(=O)NC5CCOCC5)n4)n3Cc3cccc(Cl)c3)n12.O=C(O)C(F)(F)F. The van der Waals surface area contributed by atoms with Gasteiger partial charge in [0.05, 0.1) is 16.7 Å². The fourth-order valence-corrected chi connectivity index (χ4v) is 5.24. The van der Waals surface area contributed by atoms with E-state index in [2.05, 4.69) is 42.7 Å². The number of alkyl halides is 3. The molecular weight excluding hydrogens is 603 g/mol. The molecule has 0 aliphatic carbocycles. The van der Waals surface area contributed by atoms with Crippen LogP contribution in [0, 0.1) is 6.92 Å². The Kier molecular flexibility index (Phi) is 9.20. The molecule has 44 heavy (non-hydrogen) atoms. The molecule has 5 aromatic rings. The first-order chi connectivity index (χ1) is 21.0. The summed E-state index contributed by atoms with van der Waals surface area (Å²) in [7, 11) is 0. The number of ether oxygens (including phenoxy) is 1. The van der Waals surface area contributed by atoms with E-state index in [4.69, 9.17) is 31.3 Å². The lowest BCUT2D eigenvalue weighted by molar-refractivity contribution is -0.192. The van der Waals surface area contributed by atoms with Gasteiger partial charge in [-0.2, -0.15) is 18.3 Å². The van der Waals surface area contributed by atoms with Gasteiger partial charge in [0, 0.05) is 50.0 Å². The molecule has 1 saturated heterocycles. The number of carboxylic acids is 1. The number of carboxylic acid groups (broad SMARTS) is 1. The Bertz CT molecular complexity index is 1790. The normalized spacial score (nSPS) is 14.0. The van der Waals surface area contributed by atoms with Gasteiger partial charge in [0.25, 0.3) is 0 Å². The number of amides is 1. The smallest absolute Gasteiger partial charge is 0.475 e. The Morgan fingerprint density at radius 1 is 1.09 bits per heavy atom. The molecule has 6 rings (SSSR count). The molecule has 0 spiro atoms. The molecule has 0 bridgehead atoms. The molecule has 0 atom stereocenters. The van der Waals surface area contributed by atoms with Crippen molar-refractivity contribution in [2.75, 3.05) is 13.2 Å². The number of rotatable bonds is 7. The lowest BCUT2D eigenvalue weighted by Gasteiger charge is -2.23. The first-order valence-electron chi connectivity index (χ1n) is 13.8. The molecule has 232 valence electrons. The maximum atomic E-state index is 12.5. The predicted octanol–water partition coefficient (Wildman–Crippen LogP) is 4.88. The number of hydrogen-bond donors (Lipinski definition) is 2. The van der Waals surface area contributed by atoms with Crippen LogP contribution in [-0.2, 0) is 27.4 Å². The minimum Gasteiger partial charge on any atom is -0.475 e. The fraction of sp³-hybridized carbons (Fsp3) is 0.345. The average Bonchev–Trinajstić information content (AvgIpc) is 3.70. The zero-order valence-electron chi connectivity index (χ0n) is 23.6. The summed E-state index contributed by atoms with van der Waals surface area (Å²) in [6, 6.07) is 16.3. The molecule has 5 heterocycles. The number of fused-ring (bicyclic) bond motifs is 3. The summed E-state index contributed by atoms with van der Waals surface area (Å²) < 4.78 is 43.2. The summed E-state index contributed by atoms with van der Waals surface area (Å²) in [4.78, 5) is 21.4. The molecule has 4 aromatic heterocycles. The number of hydrogen-bond acceptors (Lipinski definition) is 6. The molecule has 2 N–H and O–H groups in total. The van der Waals surface area contributed by atoms with Crippen molar-refractivity contribution in [2.45, 2.75) is 51.5 Å². The molecule has 15 heteroatoms. The number of nitrogens with zero attached hydrogens (tertiary/aromatic N) is 6. The number of carbonyl (C=O) groups excluding carboxylic acids is 1. The van der Waals surface area contributed by atoms with Gasteiger partial charge in [0.1, 0.15) is 11.5 Å². The van der Waals surface area contributed by atoms with Crippen LogP contribution in [0.25, 0.3) is 28.1 Å². The molecule has 0 saturated carbocycles. The van der Waals surface area contributed by atoms with Crippen molar-refractivity contribution < 1.29 is 32.6 Å². The lowest BCUT2D eigenvalue weighted by Crippen LogP contribution is -2.39. The van der Waals surface area contributed by atoms with Crippen LogP contribution in [0.1, 0.15) is 30.7 Å². The van der Waals surface area contributed by atoms with E-state index in [9.17, 15) is 18.0 Å². The van der Waals surface area contributed by atoms with Crippen LogP contribution >= 0.6 is 11.6 Å². The zero-order chi connectivity index (χ0) is 31.4. The average molecular weight is 632 g/mol. The van der Waals surface area contributed by atoms with E-state index in [0.717, 1.165) is 52.3 Å². The Balaban J connectivity index is 0.000000493. The molecule has 1 aliphatic rings. The van der Waals surface area contributed by atoms with Gasteiger partial charge in [-0.3, -0.25) is 13.9 Å². The van der Waals surface area contributed by atoms with E-state index < -0.39 is 12.1 Å². The largest absolute Gasteiger partial charge is 0.490 e. The van der Waals surface area contributed by atoms with Gasteiger partial charge in [0.2, 0.25) is 5.91 Å². The third-order valence-electron chi connectivity index (χ3n) is 7.13. The summed E-state index contributed by atoms with van der Waals surface area (Å²) in [5, 5.41) is 24.3. The van der Waals surface area contributed by atoms with Gasteiger partial charge in [0.15, 0.2) is 5.65 Å². The fourth-order valence-electron chi connectivity index (χ4n) is 5.02. The minimum absolute atomic E-state index is 0.0458. The molecular formula is C29H29ClF3N7O4. The van der Waals surface area contributed by atoms with E-state index in [1.807, 2.05) is 48.1 Å². The topological polar surface area (TPSA) is 129 Å². The number of carbonyl (C=O) groups is 2. The first-order valence-corrected chi connectivity index (χ1v) is 14.2. The Labute approximate surface area is 254 Å². The van der Waals surface area contributed by atoms with Crippen LogP contribution in [0.3, 0.4) is 0 Å². The summed E-state index contributed by atoms with van der Waals surface area (Å²) in [6.07, 6.45) is -1.04. The molecule has 0 unspecified atom stereocenters. The highest BCUT2D eigenvalue weighted by Crippen LogP contribution is 2.30. The number of aliphatic carboxylic acids is 1. The third-order valence-corrected chi connectivity index (χ3v) is 7.36. The highest BCUT2D eigenvalue weighted by molar-refractivity contribution is 6.30. The molecule has 1 fully saturated rings. The van der Waals surface area contributed by atoms with Crippen LogP contribution in [0.15, 0.2) is 54.7 Å². The Hall–Kier alpha value is -4.43. The number of halogens is 4. The van der Waals surface area contributed by atoms with Crippen molar-refractivity contribution in [3.63, 3.8) is 0 Å². The van der Waals surface area contributed by atoms with Crippen LogP contribution in [0.5, 0.6) is 0 Å². The van der Waals surface area contributed by atoms with Crippen molar-refractivity contribution in [3.05, 3.63) is 71.1 Å². The van der Waals surface area contributed by atoms with Crippen molar-refractivity contribution in [1.29, 1.82) is 0 Å². The predicted molar refractivity (Wildman–Crippen MR) is 155 cm³/mol. The summed E-state index contributed by atoms with van der Waals surface area (Å²) in [5.41, 5.74) is 5.77. The minimum atomic E-state index is -5.08. The van der Waals surface area contributed by atoms with Crippen molar-refractivity contribution in [1.82, 2.24) is 34.3 Å². The van der Waals surface area contributed by atoms with Crippen molar-refractivity contribution in [2.24, 2.45) is 0 Å². The molecule has 1 aromatic carbocycles. The van der Waals surface area contributed by atoms with E-state index in [-0.39, 0.29) is 11.9 Å². The van der Waals surface area contributed by atoms with E-state index in [0.29, 0.717) is 37.7 Å². The van der Waals surface area contributed by atoms with Gasteiger partial charge < -0.3 is 19.7 Å². The standard InChI is InChI=1S/C27H28ClN7O2.C2HF3O2/c1-18-30-31-26-6-5-23-25(35(18)26)16-24(34(23)17-19-3-2-4-20(28)15-19)22-7-11-33(32-22)12-8-27(36)29-21-9-13-37-14-10-21;3-2(4,5)1(6)7/h2-7,11,15-16,21H,8-10,12-14,17H2,1H3,(H,29,36);(H,6,7). The van der Waals surface area contributed by atoms with E-state index in [1.165, 1.54) is 0 Å². The van der Waals surface area contributed by atoms with Crippen LogP contribution in [0.2, 0.25) is 5.02 Å². The van der Waals surface area contributed by atoms with Gasteiger partial charge in [-0.1, -0.05) is 23.7 Å². The van der Waals surface area contributed by atoms with Gasteiger partial charge >= 0.3 is 12.1 Å². The van der Waals surface area contributed by atoms with E-state index >= 15 is 0 Å². The maximum Gasteiger partial charge on any atom is 0.490 e. The number of benzene rings is 1. The molecule has 11 nitrogen and oxygen atoms in total. The number of aryl methyl sites for hydroxylation is 2. The van der Waals surface area contributed by atoms with Gasteiger partial charge in [-0.05, 0) is 61.7 Å². The third kappa shape index (κ3) is 7.19. The summed E-state index contributed by atoms with van der Waals surface area (Å²) in [6.45, 7) is 4.51. The Morgan fingerprint density at radius 3 is 2.55 bits per heavy atom. The van der Waals surface area contributed by atoms with Crippen LogP contribution in [0.4, 0.5) is 13.2 Å². The van der Waals surface area contributed by atoms with E-state index in [1.54, 1.807) is 0 Å². The molecule has 0 radical (unpaired) electrons. The quantitative estimate of drug-likeness (QED) is 0.262. The number of pyridine rings is 1. The first kappa shape index (κ1) is 31.0. The van der Waals surface area contributed by atoms with Crippen molar-refractivity contribution in [3.8, 4) is 11.4 Å². The highest BCUT2D eigenvalue weighted by Gasteiger charge is 2.38. The van der Waals surface area contributed by atoms with Crippen LogP contribution in [-0.4, -0.2) is 71.4 Å². The zero-order valence-corrected chi connectivity index (χ0v) is 24.3. The summed E-state index contributed by atoms with van der Waals surface area (Å²) in [5.74, 6) is -1.88. The van der Waals surface area contributed by atoms with Gasteiger partial charge in [-0.25, -0.2) is 4.79 Å². The number of nitrogens with one attached hydrogen (secondary N) is 1. The molecule has 1 amide bonds. The highest BCUT2D eigenvalue weighted by atomic mass is 35.5. The monoisotopic (exact) mass is 631 g/mol. The second-order valence-electron chi connectivity index (χ2n) is 10.3. The van der Waals surface area contributed by atoms with Crippen molar-refractivity contribution >= 4 is 40.2 Å². The maximum absolute atomic E-state index is 12.5. The second kappa shape index (κ2) is 13.1.